The predicted molar refractivity (Wildman–Crippen MR) is 135 cm³/mol. The first-order valence-electron chi connectivity index (χ1n) is 11.8. The zero-order valence-corrected chi connectivity index (χ0v) is 20.4. The van der Waals surface area contributed by atoms with E-state index in [1.807, 2.05) is 81.4 Å². The second-order valence-electron chi connectivity index (χ2n) is 9.86. The molecule has 2 atom stereocenters. The molecule has 0 aliphatic heterocycles. The summed E-state index contributed by atoms with van der Waals surface area (Å²) < 4.78 is 11.4. The van der Waals surface area contributed by atoms with Crippen LogP contribution in [-0.2, 0) is 9.53 Å². The number of carboxylic acid groups (broad SMARTS) is 1. The summed E-state index contributed by atoms with van der Waals surface area (Å²) in [6.07, 6.45) is -0.751. The molecule has 6 heteroatoms. The van der Waals surface area contributed by atoms with Crippen LogP contribution in [-0.4, -0.2) is 35.4 Å². The maximum absolute atomic E-state index is 12.7. The first kappa shape index (κ1) is 24.3. The van der Waals surface area contributed by atoms with E-state index in [-0.39, 0.29) is 18.1 Å². The van der Waals surface area contributed by atoms with Gasteiger partial charge in [0.15, 0.2) is 0 Å². The van der Waals surface area contributed by atoms with Crippen LogP contribution in [0.15, 0.2) is 72.8 Å². The van der Waals surface area contributed by atoms with Crippen molar-refractivity contribution >= 4 is 12.1 Å². The van der Waals surface area contributed by atoms with Gasteiger partial charge in [-0.1, -0.05) is 67.6 Å². The average molecular weight is 474 g/mol. The van der Waals surface area contributed by atoms with Crippen molar-refractivity contribution in [1.82, 2.24) is 5.32 Å². The standard InChI is InChI=1S/C29H31NO5/c1-18(19-13-15-20(16-14-19)35-29(2,3)4)26(27(31)32)30-28(33)34-17-25-23-11-7-5-9-21(23)22-10-6-8-12-24(22)25/h5-16,18,25-26H,17H2,1-4H3,(H,30,33)(H,31,32). The van der Waals surface area contributed by atoms with Crippen LogP contribution in [0.3, 0.4) is 0 Å². The molecule has 0 saturated heterocycles. The molecule has 1 aliphatic rings. The number of hydrogen-bond donors (Lipinski definition) is 2. The largest absolute Gasteiger partial charge is 0.488 e. The first-order chi connectivity index (χ1) is 16.6. The quantitative estimate of drug-likeness (QED) is 0.442. The first-order valence-corrected chi connectivity index (χ1v) is 11.8. The summed E-state index contributed by atoms with van der Waals surface area (Å²) in [5.41, 5.74) is 4.91. The Morgan fingerprint density at radius 3 is 1.97 bits per heavy atom. The molecular formula is C29H31NO5. The van der Waals surface area contributed by atoms with Gasteiger partial charge >= 0.3 is 12.1 Å². The fourth-order valence-electron chi connectivity index (χ4n) is 4.55. The van der Waals surface area contributed by atoms with Crippen LogP contribution in [0.2, 0.25) is 0 Å². The van der Waals surface area contributed by atoms with Crippen LogP contribution in [0.25, 0.3) is 11.1 Å². The number of amides is 1. The third kappa shape index (κ3) is 5.48. The summed E-state index contributed by atoms with van der Waals surface area (Å²) in [7, 11) is 0. The highest BCUT2D eigenvalue weighted by Gasteiger charge is 2.31. The Morgan fingerprint density at radius 1 is 0.914 bits per heavy atom. The molecule has 35 heavy (non-hydrogen) atoms. The minimum absolute atomic E-state index is 0.0933. The van der Waals surface area contributed by atoms with Crippen molar-refractivity contribution in [2.24, 2.45) is 0 Å². The van der Waals surface area contributed by atoms with Crippen LogP contribution in [0.1, 0.15) is 56.2 Å². The van der Waals surface area contributed by atoms with Gasteiger partial charge in [0.25, 0.3) is 0 Å². The Kier molecular flexibility index (Phi) is 6.83. The highest BCUT2D eigenvalue weighted by molar-refractivity contribution is 5.82. The molecule has 0 heterocycles. The molecule has 4 rings (SSSR count). The number of carbonyl (C=O) groups excluding carboxylic acids is 1. The molecule has 0 bridgehead atoms. The summed E-state index contributed by atoms with van der Waals surface area (Å²) >= 11 is 0. The number of carboxylic acids is 1. The lowest BCUT2D eigenvalue weighted by Crippen LogP contribution is -2.44. The van der Waals surface area contributed by atoms with Crippen molar-refractivity contribution in [1.29, 1.82) is 0 Å². The number of nitrogens with one attached hydrogen (secondary N) is 1. The second-order valence-corrected chi connectivity index (χ2v) is 9.86. The van der Waals surface area contributed by atoms with Gasteiger partial charge in [0.2, 0.25) is 0 Å². The molecule has 3 aromatic carbocycles. The highest BCUT2D eigenvalue weighted by atomic mass is 16.5. The van der Waals surface area contributed by atoms with Gasteiger partial charge < -0.3 is 19.9 Å². The molecule has 0 spiro atoms. The van der Waals surface area contributed by atoms with E-state index >= 15 is 0 Å². The number of rotatable bonds is 7. The van der Waals surface area contributed by atoms with Gasteiger partial charge in [-0.05, 0) is 60.7 Å². The van der Waals surface area contributed by atoms with E-state index in [1.54, 1.807) is 6.92 Å². The lowest BCUT2D eigenvalue weighted by molar-refractivity contribution is -0.139. The van der Waals surface area contributed by atoms with E-state index in [2.05, 4.69) is 17.4 Å². The normalized spacial score (nSPS) is 14.4. The maximum atomic E-state index is 12.7. The van der Waals surface area contributed by atoms with Crippen LogP contribution >= 0.6 is 0 Å². The predicted octanol–water partition coefficient (Wildman–Crippen LogP) is 5.96. The van der Waals surface area contributed by atoms with Crippen molar-refractivity contribution in [3.05, 3.63) is 89.5 Å². The molecule has 0 aromatic heterocycles. The van der Waals surface area contributed by atoms with Crippen molar-refractivity contribution in [3.8, 4) is 16.9 Å². The number of alkyl carbamates (subject to hydrolysis) is 1. The van der Waals surface area contributed by atoms with Gasteiger partial charge in [0, 0.05) is 11.8 Å². The zero-order chi connectivity index (χ0) is 25.2. The Hall–Kier alpha value is -3.80. The Morgan fingerprint density at radius 2 is 1.46 bits per heavy atom. The summed E-state index contributed by atoms with van der Waals surface area (Å²) in [6.45, 7) is 7.77. The molecule has 6 nitrogen and oxygen atoms in total. The number of aliphatic carboxylic acids is 1. The summed E-state index contributed by atoms with van der Waals surface area (Å²) in [4.78, 5) is 24.7. The highest BCUT2D eigenvalue weighted by Crippen LogP contribution is 2.44. The van der Waals surface area contributed by atoms with Crippen LogP contribution in [0.4, 0.5) is 4.79 Å². The van der Waals surface area contributed by atoms with Gasteiger partial charge in [0.1, 0.15) is 24.0 Å². The topological polar surface area (TPSA) is 84.9 Å². The second kappa shape index (κ2) is 9.82. The van der Waals surface area contributed by atoms with E-state index in [4.69, 9.17) is 9.47 Å². The molecule has 0 radical (unpaired) electrons. The Labute approximate surface area is 205 Å². The Bertz CT molecular complexity index is 1170. The van der Waals surface area contributed by atoms with Gasteiger partial charge in [-0.15, -0.1) is 0 Å². The van der Waals surface area contributed by atoms with Gasteiger partial charge in [-0.3, -0.25) is 0 Å². The molecular weight excluding hydrogens is 442 g/mol. The summed E-state index contributed by atoms with van der Waals surface area (Å²) in [6, 6.07) is 22.2. The monoisotopic (exact) mass is 473 g/mol. The molecule has 1 aliphatic carbocycles. The van der Waals surface area contributed by atoms with Gasteiger partial charge in [0.05, 0.1) is 0 Å². The van der Waals surface area contributed by atoms with Gasteiger partial charge in [-0.2, -0.15) is 0 Å². The molecule has 3 aromatic rings. The van der Waals surface area contributed by atoms with E-state index < -0.39 is 24.0 Å². The van der Waals surface area contributed by atoms with E-state index in [0.29, 0.717) is 5.75 Å². The van der Waals surface area contributed by atoms with Crippen LogP contribution < -0.4 is 10.1 Å². The number of fused-ring (bicyclic) bond motifs is 3. The van der Waals surface area contributed by atoms with Crippen molar-refractivity contribution in [3.63, 3.8) is 0 Å². The minimum atomic E-state index is -1.14. The Balaban J connectivity index is 1.42. The van der Waals surface area contributed by atoms with Crippen molar-refractivity contribution in [2.45, 2.75) is 51.2 Å². The molecule has 0 saturated carbocycles. The minimum Gasteiger partial charge on any atom is -0.488 e. The average Bonchev–Trinajstić information content (AvgIpc) is 3.14. The smallest absolute Gasteiger partial charge is 0.407 e. The van der Waals surface area contributed by atoms with Crippen molar-refractivity contribution < 1.29 is 24.2 Å². The summed E-state index contributed by atoms with van der Waals surface area (Å²) in [5, 5.41) is 12.4. The molecule has 0 fully saturated rings. The molecule has 2 N–H and O–H groups in total. The number of hydrogen-bond acceptors (Lipinski definition) is 4. The lowest BCUT2D eigenvalue weighted by Gasteiger charge is -2.24. The number of benzene rings is 3. The van der Waals surface area contributed by atoms with E-state index in [1.165, 1.54) is 0 Å². The van der Waals surface area contributed by atoms with Crippen molar-refractivity contribution in [2.75, 3.05) is 6.61 Å². The van der Waals surface area contributed by atoms with E-state index in [0.717, 1.165) is 27.8 Å². The fourth-order valence-corrected chi connectivity index (χ4v) is 4.55. The lowest BCUT2D eigenvalue weighted by atomic mass is 9.93. The SMILES string of the molecule is CC(c1ccc(OC(C)(C)C)cc1)C(NC(=O)OCC1c2ccccc2-c2ccccc21)C(=O)O. The van der Waals surface area contributed by atoms with Gasteiger partial charge in [-0.25, -0.2) is 9.59 Å². The fraction of sp³-hybridized carbons (Fsp3) is 0.310. The molecule has 182 valence electrons. The third-order valence-corrected chi connectivity index (χ3v) is 6.21. The number of ether oxygens (including phenoxy) is 2. The number of carbonyl (C=O) groups is 2. The molecule has 2 unspecified atom stereocenters. The third-order valence-electron chi connectivity index (χ3n) is 6.21. The molecule has 1 amide bonds. The zero-order valence-electron chi connectivity index (χ0n) is 20.4. The van der Waals surface area contributed by atoms with Crippen LogP contribution in [0.5, 0.6) is 5.75 Å². The van der Waals surface area contributed by atoms with Crippen LogP contribution in [0, 0.1) is 0 Å². The summed E-state index contributed by atoms with van der Waals surface area (Å²) in [5.74, 6) is -0.994. The van der Waals surface area contributed by atoms with E-state index in [9.17, 15) is 14.7 Å². The maximum Gasteiger partial charge on any atom is 0.407 e.